The van der Waals surface area contributed by atoms with E-state index in [-0.39, 0.29) is 35.8 Å². The van der Waals surface area contributed by atoms with Gasteiger partial charge in [-0.2, -0.15) is 18.3 Å². The molecule has 1 saturated heterocycles. The summed E-state index contributed by atoms with van der Waals surface area (Å²) in [6, 6.07) is 1.72. The molecule has 1 aromatic heterocycles. The Labute approximate surface area is 181 Å². The highest BCUT2D eigenvalue weighted by molar-refractivity contribution is 8.14. The minimum Gasteiger partial charge on any atom is -0.466 e. The van der Waals surface area contributed by atoms with Crippen LogP contribution in [0.2, 0.25) is 0 Å². The van der Waals surface area contributed by atoms with Crippen molar-refractivity contribution in [1.29, 1.82) is 0 Å². The first-order chi connectivity index (χ1) is 14.6. The summed E-state index contributed by atoms with van der Waals surface area (Å²) in [6.07, 6.45) is -0.550. The lowest BCUT2D eigenvalue weighted by molar-refractivity contribution is -0.238. The van der Waals surface area contributed by atoms with E-state index in [9.17, 15) is 27.6 Å². The predicted octanol–water partition coefficient (Wildman–Crippen LogP) is 2.98. The average molecular weight is 463 g/mol. The number of piperidine rings is 1. The van der Waals surface area contributed by atoms with E-state index in [1.54, 1.807) is 29.9 Å². The molecule has 1 fully saturated rings. The Morgan fingerprint density at radius 3 is 2.74 bits per heavy atom. The predicted molar refractivity (Wildman–Crippen MR) is 106 cm³/mol. The van der Waals surface area contributed by atoms with E-state index in [0.717, 1.165) is 16.8 Å². The third-order valence-electron chi connectivity index (χ3n) is 4.23. The van der Waals surface area contributed by atoms with Gasteiger partial charge in [0, 0.05) is 37.9 Å². The minimum absolute atomic E-state index is 0.0670. The number of hydrogen-bond acceptors (Lipinski definition) is 8. The van der Waals surface area contributed by atoms with Crippen molar-refractivity contribution in [1.82, 2.24) is 14.8 Å². The molecule has 1 aliphatic rings. The number of ether oxygens (including phenoxy) is 1. The van der Waals surface area contributed by atoms with Gasteiger partial charge in [0.2, 0.25) is 0 Å². The third kappa shape index (κ3) is 8.37. The molecular weight excluding hydrogens is 439 g/mol. The fraction of sp³-hybridized carbons (Fsp3) is 0.579. The highest BCUT2D eigenvalue weighted by Crippen LogP contribution is 2.30. The van der Waals surface area contributed by atoms with Gasteiger partial charge in [0.25, 0.3) is 0 Å². The van der Waals surface area contributed by atoms with Gasteiger partial charge in [0.1, 0.15) is 0 Å². The Morgan fingerprint density at radius 2 is 2.10 bits per heavy atom. The zero-order valence-corrected chi connectivity index (χ0v) is 18.0. The number of hydroxylamine groups is 2. The summed E-state index contributed by atoms with van der Waals surface area (Å²) in [7, 11) is 0. The molecule has 1 aromatic rings. The largest absolute Gasteiger partial charge is 0.492 e. The first kappa shape index (κ1) is 24.9. The summed E-state index contributed by atoms with van der Waals surface area (Å²) in [5.41, 5.74) is 1.17. The van der Waals surface area contributed by atoms with Gasteiger partial charge in [-0.15, -0.1) is 5.06 Å². The normalized spacial score (nSPS) is 18.7. The number of aryl methyl sites for hydroxylation is 1. The van der Waals surface area contributed by atoms with Crippen LogP contribution in [0.1, 0.15) is 38.8 Å². The first-order valence-electron chi connectivity index (χ1n) is 9.69. The van der Waals surface area contributed by atoms with Crippen LogP contribution < -0.4 is 0 Å². The molecule has 12 heteroatoms. The van der Waals surface area contributed by atoms with Crippen LogP contribution in [0, 0.1) is 0 Å². The Morgan fingerprint density at radius 1 is 1.35 bits per heavy atom. The van der Waals surface area contributed by atoms with Gasteiger partial charge < -0.3 is 9.57 Å². The van der Waals surface area contributed by atoms with Gasteiger partial charge in [0.05, 0.1) is 18.8 Å². The van der Waals surface area contributed by atoms with Gasteiger partial charge in [-0.3, -0.25) is 14.3 Å². The van der Waals surface area contributed by atoms with Crippen LogP contribution >= 0.6 is 11.8 Å². The third-order valence-corrected chi connectivity index (χ3v) is 5.39. The lowest BCUT2D eigenvalue weighted by Crippen LogP contribution is -2.41. The number of carbonyl (C=O) groups is 3. The number of esters is 1. The zero-order valence-electron chi connectivity index (χ0n) is 17.2. The lowest BCUT2D eigenvalue weighted by atomic mass is 10.0. The Balaban J connectivity index is 2.05. The van der Waals surface area contributed by atoms with Crippen molar-refractivity contribution >= 4 is 34.9 Å². The number of aromatic nitrogens is 2. The minimum atomic E-state index is -5.09. The molecular formula is C19H24F3N3O5S. The molecule has 0 aromatic carbocycles. The zero-order chi connectivity index (χ0) is 23.0. The number of rotatable bonds is 8. The van der Waals surface area contributed by atoms with E-state index in [1.807, 2.05) is 0 Å². The SMILES string of the molecule is CCOC(=O)CCCn1ccc(/C=C2\CN(OC(=O)C(F)(F)F)CCC2SC(C)=O)n1. The fourth-order valence-corrected chi connectivity index (χ4v) is 3.86. The van der Waals surface area contributed by atoms with Crippen molar-refractivity contribution in [3.8, 4) is 0 Å². The van der Waals surface area contributed by atoms with Gasteiger partial charge in [-0.1, -0.05) is 11.8 Å². The van der Waals surface area contributed by atoms with Crippen molar-refractivity contribution in [3.05, 3.63) is 23.5 Å². The molecule has 8 nitrogen and oxygen atoms in total. The highest BCUT2D eigenvalue weighted by atomic mass is 32.2. The molecule has 1 atom stereocenters. The summed E-state index contributed by atoms with van der Waals surface area (Å²) >= 11 is 1.08. The van der Waals surface area contributed by atoms with Crippen molar-refractivity contribution in [2.24, 2.45) is 0 Å². The van der Waals surface area contributed by atoms with Crippen LogP contribution in [-0.2, 0) is 30.5 Å². The van der Waals surface area contributed by atoms with Crippen molar-refractivity contribution < 1.29 is 37.1 Å². The topological polar surface area (TPSA) is 90.7 Å². The Bertz CT molecular complexity index is 825. The van der Waals surface area contributed by atoms with Crippen LogP contribution in [0.5, 0.6) is 0 Å². The average Bonchev–Trinajstić information content (AvgIpc) is 3.10. The maximum atomic E-state index is 12.5. The second kappa shape index (κ2) is 11.3. The van der Waals surface area contributed by atoms with E-state index in [1.165, 1.54) is 6.92 Å². The molecule has 0 N–H and O–H groups in total. The molecule has 0 amide bonds. The van der Waals surface area contributed by atoms with E-state index >= 15 is 0 Å². The molecule has 0 saturated carbocycles. The second-order valence-electron chi connectivity index (χ2n) is 6.76. The second-order valence-corrected chi connectivity index (χ2v) is 8.14. The molecule has 2 heterocycles. The summed E-state index contributed by atoms with van der Waals surface area (Å²) < 4.78 is 44.0. The molecule has 0 bridgehead atoms. The monoisotopic (exact) mass is 463 g/mol. The smallest absolute Gasteiger partial charge is 0.466 e. The quantitative estimate of drug-likeness (QED) is 0.544. The summed E-state index contributed by atoms with van der Waals surface area (Å²) in [5.74, 6) is -2.56. The molecule has 0 spiro atoms. The van der Waals surface area contributed by atoms with Crippen LogP contribution in [0.3, 0.4) is 0 Å². The van der Waals surface area contributed by atoms with Crippen molar-refractivity contribution in [3.63, 3.8) is 0 Å². The van der Waals surface area contributed by atoms with Gasteiger partial charge >= 0.3 is 18.1 Å². The first-order valence-corrected chi connectivity index (χ1v) is 10.6. The van der Waals surface area contributed by atoms with E-state index < -0.39 is 12.1 Å². The van der Waals surface area contributed by atoms with Crippen molar-refractivity contribution in [2.75, 3.05) is 19.7 Å². The number of alkyl halides is 3. The summed E-state index contributed by atoms with van der Waals surface area (Å²) in [6.45, 7) is 3.97. The number of carbonyl (C=O) groups excluding carboxylic acids is 3. The molecule has 1 aliphatic heterocycles. The van der Waals surface area contributed by atoms with Gasteiger partial charge in [0.15, 0.2) is 5.12 Å². The Kier molecular flexibility index (Phi) is 9.11. The van der Waals surface area contributed by atoms with Crippen LogP contribution in [0.4, 0.5) is 13.2 Å². The number of thioether (sulfide) groups is 1. The highest BCUT2D eigenvalue weighted by Gasteiger charge is 2.43. The molecule has 0 aliphatic carbocycles. The number of nitrogens with zero attached hydrogens (tertiary/aromatic N) is 3. The lowest BCUT2D eigenvalue weighted by Gasteiger charge is -2.32. The van der Waals surface area contributed by atoms with Crippen LogP contribution in [0.15, 0.2) is 17.8 Å². The number of hydrogen-bond donors (Lipinski definition) is 0. The molecule has 0 radical (unpaired) electrons. The molecule has 31 heavy (non-hydrogen) atoms. The van der Waals surface area contributed by atoms with Crippen molar-refractivity contribution in [2.45, 2.75) is 51.1 Å². The van der Waals surface area contributed by atoms with E-state index in [0.29, 0.717) is 37.3 Å². The summed E-state index contributed by atoms with van der Waals surface area (Å²) in [4.78, 5) is 38.5. The standard InChI is InChI=1S/C19H24F3N3O5S/c1-3-29-17(27)5-4-8-24-9-6-15(23-24)11-14-12-25(30-18(28)19(20,21)22)10-7-16(14)31-13(2)26/h6,9,11,16H,3-5,7-8,10,12H2,1-2H3/b14-11+. The fourth-order valence-electron chi connectivity index (χ4n) is 2.94. The van der Waals surface area contributed by atoms with Crippen LogP contribution in [-0.4, -0.2) is 63.0 Å². The van der Waals surface area contributed by atoms with E-state index in [4.69, 9.17) is 4.74 Å². The van der Waals surface area contributed by atoms with Gasteiger partial charge in [-0.25, -0.2) is 4.79 Å². The molecule has 1 unspecified atom stereocenters. The van der Waals surface area contributed by atoms with Gasteiger partial charge in [-0.05, 0) is 37.5 Å². The molecule has 2 rings (SSSR count). The number of halogens is 3. The maximum Gasteiger partial charge on any atom is 0.492 e. The summed E-state index contributed by atoms with van der Waals surface area (Å²) in [5, 5.41) is 4.93. The Hall–Kier alpha value is -2.34. The maximum absolute atomic E-state index is 12.5. The van der Waals surface area contributed by atoms with E-state index in [2.05, 4.69) is 9.94 Å². The van der Waals surface area contributed by atoms with Crippen LogP contribution in [0.25, 0.3) is 6.08 Å². The molecule has 172 valence electrons.